The molecule has 0 spiro atoms. The molecule has 2 saturated heterocycles. The first-order chi connectivity index (χ1) is 17.5. The summed E-state index contributed by atoms with van der Waals surface area (Å²) in [6.45, 7) is 13.2. The molecule has 0 radical (unpaired) electrons. The van der Waals surface area contributed by atoms with E-state index in [-0.39, 0.29) is 40.8 Å². The van der Waals surface area contributed by atoms with Gasteiger partial charge in [0.05, 0.1) is 12.0 Å². The first-order valence-corrected chi connectivity index (χ1v) is 14.6. The minimum Gasteiger partial charge on any atom is -0.445 e. The number of Topliss-reactive ketones (excluding diaryl/α,β-unsaturated/α-hetero) is 1. The number of alkyl carbamates (subject to hydrolysis) is 1. The topological polar surface area (TPSA) is 95.9 Å². The molecule has 2 N–H and O–H groups in total. The summed E-state index contributed by atoms with van der Waals surface area (Å²) in [6, 6.07) is 0. The number of ether oxygens (including phenoxy) is 1. The molecular weight excluding hydrogens is 468 g/mol. The lowest BCUT2D eigenvalue weighted by Crippen LogP contribution is -2.63. The molecule has 5 aliphatic rings. The number of nitrogens with one attached hydrogen (secondary N) is 1. The van der Waals surface area contributed by atoms with Gasteiger partial charge >= 0.3 is 6.09 Å². The first-order valence-electron chi connectivity index (χ1n) is 14.6. The van der Waals surface area contributed by atoms with Crippen molar-refractivity contribution in [3.63, 3.8) is 0 Å². The number of carbonyl (C=O) groups excluding carboxylic acids is 3. The van der Waals surface area contributed by atoms with Gasteiger partial charge in [0.1, 0.15) is 11.9 Å². The maximum atomic E-state index is 13.6. The lowest BCUT2D eigenvalue weighted by atomic mass is 9.44. The smallest absolute Gasteiger partial charge is 0.414 e. The van der Waals surface area contributed by atoms with Crippen molar-refractivity contribution in [3.05, 3.63) is 12.2 Å². The molecule has 3 saturated carbocycles. The third-order valence-electron chi connectivity index (χ3n) is 11.7. The van der Waals surface area contributed by atoms with Gasteiger partial charge in [-0.25, -0.2) is 4.79 Å². The van der Waals surface area contributed by atoms with Crippen molar-refractivity contribution in [2.45, 2.75) is 91.8 Å². The highest BCUT2D eigenvalue weighted by molar-refractivity contribution is 5.93. The van der Waals surface area contributed by atoms with E-state index in [0.29, 0.717) is 25.3 Å². The van der Waals surface area contributed by atoms with Crippen molar-refractivity contribution in [2.24, 2.45) is 45.8 Å². The molecular formula is C30H46N2O5. The fourth-order valence-electron chi connectivity index (χ4n) is 9.28. The summed E-state index contributed by atoms with van der Waals surface area (Å²) in [5.41, 5.74) is -1.49. The van der Waals surface area contributed by atoms with E-state index in [9.17, 15) is 19.5 Å². The number of allylic oxidation sites excluding steroid dienone is 1. The number of imide groups is 1. The molecule has 5 rings (SSSR count). The van der Waals surface area contributed by atoms with Gasteiger partial charge in [-0.1, -0.05) is 46.8 Å². The second-order valence-corrected chi connectivity index (χ2v) is 13.5. The quantitative estimate of drug-likeness (QED) is 0.542. The van der Waals surface area contributed by atoms with Crippen LogP contribution in [0.25, 0.3) is 0 Å². The van der Waals surface area contributed by atoms with Gasteiger partial charge in [0, 0.05) is 36.3 Å². The Hall–Kier alpha value is -1.73. The summed E-state index contributed by atoms with van der Waals surface area (Å²) in [6.07, 6.45) is 7.58. The minimum atomic E-state index is -0.715. The van der Waals surface area contributed by atoms with Crippen LogP contribution < -0.4 is 5.32 Å². The average molecular weight is 515 g/mol. The molecule has 0 aromatic rings. The van der Waals surface area contributed by atoms with Crippen molar-refractivity contribution in [2.75, 3.05) is 19.6 Å². The van der Waals surface area contributed by atoms with Crippen LogP contribution in [0.15, 0.2) is 12.2 Å². The second-order valence-electron chi connectivity index (χ2n) is 13.5. The van der Waals surface area contributed by atoms with Crippen LogP contribution in [0.2, 0.25) is 0 Å². The molecule has 5 fully saturated rings. The molecule has 7 heteroatoms. The Morgan fingerprint density at radius 3 is 2.59 bits per heavy atom. The number of carbonyl (C=O) groups is 3. The SMILES string of the molecule is CC/C=C/[C@]1(C)C[C@@H](OC(=O)NC(=O)[C@H]2CN3CC[C@@H]2C3)[C@@]2(C)C3C(=O)CCC3(CC[C@H]2C)[C@@H](C)[C@@H]1O. The van der Waals surface area contributed by atoms with Crippen molar-refractivity contribution in [1.82, 2.24) is 10.2 Å². The highest BCUT2D eigenvalue weighted by atomic mass is 16.6. The Morgan fingerprint density at radius 1 is 1.19 bits per heavy atom. The van der Waals surface area contributed by atoms with Crippen LogP contribution in [0.5, 0.6) is 0 Å². The number of nitrogens with zero attached hydrogens (tertiary/aromatic N) is 1. The molecule has 2 aliphatic heterocycles. The Bertz CT molecular complexity index is 981. The van der Waals surface area contributed by atoms with Crippen molar-refractivity contribution >= 4 is 17.8 Å². The molecule has 0 aromatic heterocycles. The third-order valence-corrected chi connectivity index (χ3v) is 11.7. The number of aliphatic hydroxyl groups excluding tert-OH is 1. The predicted octanol–water partition coefficient (Wildman–Crippen LogP) is 4.33. The summed E-state index contributed by atoms with van der Waals surface area (Å²) < 4.78 is 6.23. The van der Waals surface area contributed by atoms with Gasteiger partial charge in [-0.3, -0.25) is 14.9 Å². The number of hydrogen-bond acceptors (Lipinski definition) is 6. The van der Waals surface area contributed by atoms with E-state index in [2.05, 4.69) is 57.0 Å². The molecule has 4 bridgehead atoms. The zero-order valence-corrected chi connectivity index (χ0v) is 23.3. The van der Waals surface area contributed by atoms with Gasteiger partial charge in [-0.15, -0.1) is 0 Å². The van der Waals surface area contributed by atoms with Crippen LogP contribution in [-0.2, 0) is 14.3 Å². The summed E-state index contributed by atoms with van der Waals surface area (Å²) >= 11 is 0. The van der Waals surface area contributed by atoms with Crippen LogP contribution in [0.1, 0.15) is 79.6 Å². The van der Waals surface area contributed by atoms with E-state index in [1.54, 1.807) is 0 Å². The van der Waals surface area contributed by atoms with Crippen LogP contribution in [0, 0.1) is 45.8 Å². The molecule has 11 atom stereocenters. The molecule has 3 aliphatic carbocycles. The summed E-state index contributed by atoms with van der Waals surface area (Å²) in [5, 5.41) is 14.4. The van der Waals surface area contributed by atoms with Crippen LogP contribution in [-0.4, -0.2) is 59.6 Å². The van der Waals surface area contributed by atoms with Crippen molar-refractivity contribution < 1.29 is 24.2 Å². The number of piperidine rings is 1. The summed E-state index contributed by atoms with van der Waals surface area (Å²) in [4.78, 5) is 42.2. The Morgan fingerprint density at radius 2 is 1.95 bits per heavy atom. The van der Waals surface area contributed by atoms with E-state index in [1.165, 1.54) is 0 Å². The average Bonchev–Trinajstić information content (AvgIpc) is 3.59. The Kier molecular flexibility index (Phi) is 6.88. The van der Waals surface area contributed by atoms with E-state index in [0.717, 1.165) is 45.2 Å². The highest BCUT2D eigenvalue weighted by Crippen LogP contribution is 2.68. The second kappa shape index (κ2) is 9.48. The Labute approximate surface area is 221 Å². The minimum absolute atomic E-state index is 0.0496. The molecule has 3 unspecified atom stereocenters. The Balaban J connectivity index is 1.48. The number of amides is 2. The fraction of sp³-hybridized carbons (Fsp3) is 0.833. The molecule has 206 valence electrons. The number of hydrogen-bond donors (Lipinski definition) is 2. The van der Waals surface area contributed by atoms with Crippen LogP contribution >= 0.6 is 0 Å². The van der Waals surface area contributed by atoms with Gasteiger partial charge < -0.3 is 14.7 Å². The molecule has 2 heterocycles. The molecule has 37 heavy (non-hydrogen) atoms. The lowest BCUT2D eigenvalue weighted by Gasteiger charge is -2.61. The number of aliphatic hydroxyl groups is 1. The molecule has 2 amide bonds. The third kappa shape index (κ3) is 4.10. The maximum absolute atomic E-state index is 13.6. The fourth-order valence-corrected chi connectivity index (χ4v) is 9.28. The number of ketones is 1. The zero-order chi connectivity index (χ0) is 26.8. The monoisotopic (exact) mass is 514 g/mol. The summed E-state index contributed by atoms with van der Waals surface area (Å²) in [7, 11) is 0. The largest absolute Gasteiger partial charge is 0.445 e. The van der Waals surface area contributed by atoms with Crippen LogP contribution in [0.4, 0.5) is 4.79 Å². The maximum Gasteiger partial charge on any atom is 0.414 e. The van der Waals surface area contributed by atoms with E-state index in [1.807, 2.05) is 0 Å². The van der Waals surface area contributed by atoms with Gasteiger partial charge in [0.15, 0.2) is 0 Å². The first kappa shape index (κ1) is 26.9. The predicted molar refractivity (Wildman–Crippen MR) is 140 cm³/mol. The van der Waals surface area contributed by atoms with E-state index >= 15 is 0 Å². The lowest BCUT2D eigenvalue weighted by molar-refractivity contribution is -0.191. The normalized spacial score (nSPS) is 49.0. The number of rotatable bonds is 4. The van der Waals surface area contributed by atoms with E-state index in [4.69, 9.17) is 4.74 Å². The van der Waals surface area contributed by atoms with Gasteiger partial charge in [-0.05, 0) is 68.2 Å². The summed E-state index contributed by atoms with van der Waals surface area (Å²) in [5.74, 6) is -0.0265. The van der Waals surface area contributed by atoms with Gasteiger partial charge in [0.2, 0.25) is 5.91 Å². The highest BCUT2D eigenvalue weighted by Gasteiger charge is 2.68. The van der Waals surface area contributed by atoms with Gasteiger partial charge in [0.25, 0.3) is 0 Å². The zero-order valence-electron chi connectivity index (χ0n) is 23.3. The van der Waals surface area contributed by atoms with Gasteiger partial charge in [-0.2, -0.15) is 0 Å². The number of fused-ring (bicyclic) bond motifs is 2. The molecule has 7 nitrogen and oxygen atoms in total. The van der Waals surface area contributed by atoms with Crippen molar-refractivity contribution in [3.8, 4) is 0 Å². The van der Waals surface area contributed by atoms with E-state index < -0.39 is 29.1 Å². The standard InChI is InChI=1S/C30H46N2O5/c1-6-7-11-28(4)15-23(37-27(36)31-26(35)21-17-32-14-10-20(21)16-32)29(5)18(2)8-12-30(19(3)25(28)34)13-9-22(33)24(29)30/h7,11,18-21,23-25,34H,6,8-10,12-17H2,1-5H3,(H,31,35,36)/b11-7+/t18-,19+,20-,21+,23-,24?,25+,28-,29+,30?/m1/s1. The van der Waals surface area contributed by atoms with Crippen LogP contribution in [0.3, 0.4) is 0 Å². The van der Waals surface area contributed by atoms with Crippen molar-refractivity contribution in [1.29, 1.82) is 0 Å². The molecule has 0 aromatic carbocycles.